The lowest BCUT2D eigenvalue weighted by Crippen LogP contribution is -2.57. The molecule has 0 unspecified atom stereocenters. The average Bonchev–Trinajstić information content (AvgIpc) is 2.40. The van der Waals surface area contributed by atoms with Crippen LogP contribution < -0.4 is 10.5 Å². The van der Waals surface area contributed by atoms with Crippen LogP contribution in [-0.2, 0) is 10.0 Å². The van der Waals surface area contributed by atoms with Gasteiger partial charge < -0.3 is 21.1 Å². The van der Waals surface area contributed by atoms with E-state index in [-0.39, 0.29) is 4.90 Å². The molecule has 0 aliphatic carbocycles. The highest BCUT2D eigenvalue weighted by Crippen LogP contribution is 2.25. The first kappa shape index (κ1) is 16.9. The SMILES string of the molecule is Cc1ccc(N)c(C)c1S(=O)(=O)NC(CO)(CO)CO. The first-order chi connectivity index (χ1) is 9.23. The molecule has 1 aromatic carbocycles. The maximum Gasteiger partial charge on any atom is 0.241 e. The lowest BCUT2D eigenvalue weighted by molar-refractivity contribution is 0.0581. The normalized spacial score (nSPS) is 12.7. The van der Waals surface area contributed by atoms with E-state index < -0.39 is 35.4 Å². The topological polar surface area (TPSA) is 133 Å². The van der Waals surface area contributed by atoms with E-state index in [9.17, 15) is 23.7 Å². The number of nitrogen functional groups attached to an aromatic ring is 1. The van der Waals surface area contributed by atoms with E-state index in [1.165, 1.54) is 0 Å². The van der Waals surface area contributed by atoms with Crippen LogP contribution in [0.1, 0.15) is 11.1 Å². The quantitative estimate of drug-likeness (QED) is 0.423. The summed E-state index contributed by atoms with van der Waals surface area (Å²) in [6, 6.07) is 3.16. The number of nitrogens with two attached hydrogens (primary N) is 1. The number of benzene rings is 1. The number of aliphatic hydroxyl groups excluding tert-OH is 3. The summed E-state index contributed by atoms with van der Waals surface area (Å²) in [6.07, 6.45) is 0. The minimum Gasteiger partial charge on any atom is -0.398 e. The molecule has 0 saturated heterocycles. The van der Waals surface area contributed by atoms with Crippen molar-refractivity contribution in [1.82, 2.24) is 4.72 Å². The summed E-state index contributed by atoms with van der Waals surface area (Å²) >= 11 is 0. The molecule has 0 aliphatic rings. The standard InChI is InChI=1S/C12H20N2O5S/c1-8-3-4-10(13)9(2)11(8)20(18,19)14-12(5-15,6-16)7-17/h3-4,14-17H,5-7,13H2,1-2H3. The molecule has 6 N–H and O–H groups in total. The first-order valence-corrected chi connectivity index (χ1v) is 7.43. The van der Waals surface area contributed by atoms with E-state index >= 15 is 0 Å². The van der Waals surface area contributed by atoms with Crippen molar-refractivity contribution in [3.05, 3.63) is 23.3 Å². The third kappa shape index (κ3) is 3.10. The molecule has 0 heterocycles. The van der Waals surface area contributed by atoms with Gasteiger partial charge in [0, 0.05) is 5.69 Å². The molecule has 0 aromatic heterocycles. The van der Waals surface area contributed by atoms with Gasteiger partial charge >= 0.3 is 0 Å². The predicted molar refractivity (Wildman–Crippen MR) is 74.6 cm³/mol. The third-order valence-electron chi connectivity index (χ3n) is 3.17. The first-order valence-electron chi connectivity index (χ1n) is 5.95. The molecule has 1 rings (SSSR count). The van der Waals surface area contributed by atoms with Gasteiger partial charge in [0.05, 0.1) is 24.7 Å². The summed E-state index contributed by atoms with van der Waals surface area (Å²) in [5, 5.41) is 27.6. The molecule has 0 amide bonds. The van der Waals surface area contributed by atoms with E-state index in [0.717, 1.165) is 0 Å². The van der Waals surface area contributed by atoms with Crippen molar-refractivity contribution in [3.8, 4) is 0 Å². The fraction of sp³-hybridized carbons (Fsp3) is 0.500. The van der Waals surface area contributed by atoms with Crippen LogP contribution in [0, 0.1) is 13.8 Å². The second-order valence-corrected chi connectivity index (χ2v) is 6.41. The van der Waals surface area contributed by atoms with Crippen LogP contribution in [0.2, 0.25) is 0 Å². The van der Waals surface area contributed by atoms with Gasteiger partial charge in [-0.3, -0.25) is 0 Å². The van der Waals surface area contributed by atoms with Crippen molar-refractivity contribution in [2.45, 2.75) is 24.3 Å². The van der Waals surface area contributed by atoms with Gasteiger partial charge in [-0.15, -0.1) is 0 Å². The number of hydrogen-bond donors (Lipinski definition) is 5. The molecule has 7 nitrogen and oxygen atoms in total. The molecule has 0 atom stereocenters. The fourth-order valence-electron chi connectivity index (χ4n) is 1.84. The van der Waals surface area contributed by atoms with Crippen LogP contribution in [0.25, 0.3) is 0 Å². The van der Waals surface area contributed by atoms with Gasteiger partial charge in [0.2, 0.25) is 10.0 Å². The predicted octanol–water partition coefficient (Wildman–Crippen LogP) is -1.12. The maximum atomic E-state index is 12.4. The van der Waals surface area contributed by atoms with E-state index in [0.29, 0.717) is 16.8 Å². The molecule has 0 aliphatic heterocycles. The molecule has 20 heavy (non-hydrogen) atoms. The highest BCUT2D eigenvalue weighted by Gasteiger charge is 2.35. The molecule has 0 saturated carbocycles. The summed E-state index contributed by atoms with van der Waals surface area (Å²) in [6.45, 7) is 0.966. The lowest BCUT2D eigenvalue weighted by Gasteiger charge is -2.29. The van der Waals surface area contributed by atoms with Crippen molar-refractivity contribution in [3.63, 3.8) is 0 Å². The van der Waals surface area contributed by atoms with E-state index in [2.05, 4.69) is 4.72 Å². The second-order valence-electron chi connectivity index (χ2n) is 4.79. The minimum atomic E-state index is -4.05. The van der Waals surface area contributed by atoms with Crippen molar-refractivity contribution < 1.29 is 23.7 Å². The lowest BCUT2D eigenvalue weighted by atomic mass is 10.1. The fourth-order valence-corrected chi connectivity index (χ4v) is 3.72. The molecule has 114 valence electrons. The zero-order valence-electron chi connectivity index (χ0n) is 11.4. The maximum absolute atomic E-state index is 12.4. The highest BCUT2D eigenvalue weighted by atomic mass is 32.2. The molecular formula is C12H20N2O5S. The molecular weight excluding hydrogens is 284 g/mol. The van der Waals surface area contributed by atoms with Crippen molar-refractivity contribution >= 4 is 15.7 Å². The third-order valence-corrected chi connectivity index (χ3v) is 5.04. The van der Waals surface area contributed by atoms with E-state index in [1.807, 2.05) is 0 Å². The van der Waals surface area contributed by atoms with Gasteiger partial charge in [0.15, 0.2) is 0 Å². The van der Waals surface area contributed by atoms with Gasteiger partial charge in [-0.2, -0.15) is 4.72 Å². The molecule has 0 fully saturated rings. The van der Waals surface area contributed by atoms with Gasteiger partial charge in [0.1, 0.15) is 5.54 Å². The van der Waals surface area contributed by atoms with Crippen molar-refractivity contribution in [2.24, 2.45) is 0 Å². The Hall–Kier alpha value is -1.19. The minimum absolute atomic E-state index is 0.0165. The average molecular weight is 304 g/mol. The van der Waals surface area contributed by atoms with Crippen molar-refractivity contribution in [1.29, 1.82) is 0 Å². The number of anilines is 1. The highest BCUT2D eigenvalue weighted by molar-refractivity contribution is 7.89. The Balaban J connectivity index is 3.35. The van der Waals surface area contributed by atoms with Crippen LogP contribution in [0.3, 0.4) is 0 Å². The Kier molecular flexibility index (Phi) is 5.11. The Bertz CT molecular complexity index is 573. The molecule has 0 radical (unpaired) electrons. The number of hydrogen-bond acceptors (Lipinski definition) is 6. The summed E-state index contributed by atoms with van der Waals surface area (Å²) in [5.74, 6) is 0. The zero-order chi connectivity index (χ0) is 15.6. The molecule has 1 aromatic rings. The van der Waals surface area contributed by atoms with Gasteiger partial charge in [-0.05, 0) is 31.0 Å². The number of sulfonamides is 1. The summed E-state index contributed by atoms with van der Waals surface area (Å²) in [5.41, 5.74) is 5.16. The van der Waals surface area contributed by atoms with Gasteiger partial charge in [0.25, 0.3) is 0 Å². The number of nitrogens with one attached hydrogen (secondary N) is 1. The number of aryl methyl sites for hydroxylation is 1. The van der Waals surface area contributed by atoms with E-state index in [1.54, 1.807) is 26.0 Å². The molecule has 0 bridgehead atoms. The number of rotatable bonds is 6. The zero-order valence-corrected chi connectivity index (χ0v) is 12.2. The number of aliphatic hydroxyl groups is 3. The summed E-state index contributed by atoms with van der Waals surface area (Å²) < 4.78 is 27.0. The van der Waals surface area contributed by atoms with Gasteiger partial charge in [-0.1, -0.05) is 6.07 Å². The Morgan fingerprint density at radius 3 is 2.10 bits per heavy atom. The Morgan fingerprint density at radius 2 is 1.65 bits per heavy atom. The van der Waals surface area contributed by atoms with E-state index in [4.69, 9.17) is 5.73 Å². The monoisotopic (exact) mass is 304 g/mol. The Labute approximate surface area is 118 Å². The largest absolute Gasteiger partial charge is 0.398 e. The van der Waals surface area contributed by atoms with Crippen LogP contribution in [0.15, 0.2) is 17.0 Å². The Morgan fingerprint density at radius 1 is 1.15 bits per heavy atom. The van der Waals surface area contributed by atoms with Crippen molar-refractivity contribution in [2.75, 3.05) is 25.6 Å². The smallest absolute Gasteiger partial charge is 0.241 e. The molecule has 0 spiro atoms. The summed E-state index contributed by atoms with van der Waals surface area (Å²) in [4.78, 5) is -0.0165. The second kappa shape index (κ2) is 6.06. The van der Waals surface area contributed by atoms with Crippen LogP contribution in [0.4, 0.5) is 5.69 Å². The van der Waals surface area contributed by atoms with Crippen LogP contribution in [-0.4, -0.2) is 49.1 Å². The van der Waals surface area contributed by atoms with Crippen LogP contribution >= 0.6 is 0 Å². The summed E-state index contributed by atoms with van der Waals surface area (Å²) in [7, 11) is -4.05. The molecule has 8 heteroatoms. The van der Waals surface area contributed by atoms with Gasteiger partial charge in [-0.25, -0.2) is 8.42 Å². The van der Waals surface area contributed by atoms with Crippen LogP contribution in [0.5, 0.6) is 0 Å².